The first-order valence-electron chi connectivity index (χ1n) is 7.38. The van der Waals surface area contributed by atoms with Gasteiger partial charge in [-0.2, -0.15) is 0 Å². The van der Waals surface area contributed by atoms with Crippen LogP contribution in [0.15, 0.2) is 22.7 Å². The van der Waals surface area contributed by atoms with Crippen LogP contribution < -0.4 is 15.8 Å². The Hall–Kier alpha value is -1.07. The number of benzene rings is 1. The third-order valence-electron chi connectivity index (χ3n) is 3.07. The highest BCUT2D eigenvalue weighted by molar-refractivity contribution is 9.10. The fourth-order valence-corrected chi connectivity index (χ4v) is 2.29. The van der Waals surface area contributed by atoms with Crippen molar-refractivity contribution in [1.29, 1.82) is 0 Å². The van der Waals surface area contributed by atoms with Crippen molar-refractivity contribution in [3.8, 4) is 5.75 Å². The van der Waals surface area contributed by atoms with Gasteiger partial charge in [-0.1, -0.05) is 22.9 Å². The molecule has 4 nitrogen and oxygen atoms in total. The zero-order valence-electron chi connectivity index (χ0n) is 13.0. The molecule has 118 valence electrons. The molecule has 21 heavy (non-hydrogen) atoms. The number of rotatable bonds is 8. The van der Waals surface area contributed by atoms with Crippen molar-refractivity contribution < 1.29 is 9.53 Å². The third-order valence-corrected chi connectivity index (χ3v) is 3.84. The fraction of sp³-hybridized carbons (Fsp3) is 0.562. The van der Waals surface area contributed by atoms with Crippen LogP contribution in [0, 0.1) is 0 Å². The first-order chi connectivity index (χ1) is 9.92. The molecule has 3 N–H and O–H groups in total. The normalized spacial score (nSPS) is 12.3. The highest BCUT2D eigenvalue weighted by atomic mass is 79.9. The highest BCUT2D eigenvalue weighted by Crippen LogP contribution is 2.24. The van der Waals surface area contributed by atoms with Crippen molar-refractivity contribution in [3.63, 3.8) is 0 Å². The lowest BCUT2D eigenvalue weighted by molar-refractivity contribution is -0.122. The van der Waals surface area contributed by atoms with Crippen LogP contribution in [0.2, 0.25) is 0 Å². The monoisotopic (exact) mass is 356 g/mol. The molecule has 1 unspecified atom stereocenters. The third kappa shape index (κ3) is 6.96. The lowest BCUT2D eigenvalue weighted by Gasteiger charge is -2.13. The minimum atomic E-state index is 0.00957. The minimum Gasteiger partial charge on any atom is -0.493 e. The number of nitrogens with one attached hydrogen (secondary N) is 1. The lowest BCUT2D eigenvalue weighted by Crippen LogP contribution is -2.31. The summed E-state index contributed by atoms with van der Waals surface area (Å²) < 4.78 is 6.68. The Balaban J connectivity index is 2.52. The van der Waals surface area contributed by atoms with Crippen LogP contribution in [0.4, 0.5) is 0 Å². The van der Waals surface area contributed by atoms with Crippen LogP contribution in [-0.4, -0.2) is 24.6 Å². The van der Waals surface area contributed by atoms with E-state index in [0.717, 1.165) is 28.6 Å². The van der Waals surface area contributed by atoms with Crippen molar-refractivity contribution in [1.82, 2.24) is 5.32 Å². The Bertz CT molecular complexity index is 464. The van der Waals surface area contributed by atoms with Gasteiger partial charge in [0.1, 0.15) is 5.75 Å². The number of ether oxygens (including phenoxy) is 1. The predicted molar refractivity (Wildman–Crippen MR) is 89.5 cm³/mol. The van der Waals surface area contributed by atoms with E-state index in [1.807, 2.05) is 32.0 Å². The summed E-state index contributed by atoms with van der Waals surface area (Å²) >= 11 is 3.53. The van der Waals surface area contributed by atoms with Gasteiger partial charge in [0, 0.05) is 16.6 Å². The van der Waals surface area contributed by atoms with Gasteiger partial charge in [0.2, 0.25) is 5.91 Å². The molecule has 1 amide bonds. The summed E-state index contributed by atoms with van der Waals surface area (Å²) in [7, 11) is 0. The highest BCUT2D eigenvalue weighted by Gasteiger charge is 2.08. The zero-order chi connectivity index (χ0) is 15.8. The molecular weight excluding hydrogens is 332 g/mol. The van der Waals surface area contributed by atoms with Gasteiger partial charge < -0.3 is 15.8 Å². The molecule has 1 aromatic rings. The maximum atomic E-state index is 11.5. The Morgan fingerprint density at radius 3 is 2.76 bits per heavy atom. The number of hydrogen-bond acceptors (Lipinski definition) is 3. The zero-order valence-corrected chi connectivity index (χ0v) is 14.6. The second-order valence-corrected chi connectivity index (χ2v) is 6.30. The molecule has 0 spiro atoms. The molecule has 0 saturated carbocycles. The van der Waals surface area contributed by atoms with Crippen molar-refractivity contribution >= 4 is 21.8 Å². The topological polar surface area (TPSA) is 64.3 Å². The predicted octanol–water partition coefficient (Wildman–Crippen LogP) is 3.02. The summed E-state index contributed by atoms with van der Waals surface area (Å²) in [6.45, 7) is 6.33. The lowest BCUT2D eigenvalue weighted by atomic mass is 10.0. The van der Waals surface area contributed by atoms with E-state index in [2.05, 4.69) is 28.2 Å². The van der Waals surface area contributed by atoms with Crippen LogP contribution in [0.1, 0.15) is 39.2 Å². The van der Waals surface area contributed by atoms with Crippen molar-refractivity contribution in [2.45, 2.75) is 52.1 Å². The van der Waals surface area contributed by atoms with E-state index in [1.165, 1.54) is 0 Å². The molecule has 0 bridgehead atoms. The molecule has 0 saturated heterocycles. The van der Waals surface area contributed by atoms with Crippen LogP contribution in [0.5, 0.6) is 5.75 Å². The van der Waals surface area contributed by atoms with E-state index in [9.17, 15) is 4.79 Å². The van der Waals surface area contributed by atoms with Gasteiger partial charge in [-0.25, -0.2) is 0 Å². The number of nitrogens with two attached hydrogens (primary N) is 1. The Morgan fingerprint density at radius 2 is 2.14 bits per heavy atom. The molecule has 5 heteroatoms. The van der Waals surface area contributed by atoms with Gasteiger partial charge in [-0.15, -0.1) is 0 Å². The van der Waals surface area contributed by atoms with Crippen molar-refractivity contribution in [3.05, 3.63) is 28.2 Å². The largest absolute Gasteiger partial charge is 0.493 e. The van der Waals surface area contributed by atoms with Crippen molar-refractivity contribution in [2.24, 2.45) is 5.73 Å². The first-order valence-corrected chi connectivity index (χ1v) is 8.17. The summed E-state index contributed by atoms with van der Waals surface area (Å²) in [5.41, 5.74) is 7.13. The first kappa shape index (κ1) is 18.0. The van der Waals surface area contributed by atoms with Gasteiger partial charge >= 0.3 is 0 Å². The molecule has 1 rings (SSSR count). The number of carbonyl (C=O) groups excluding carboxylic acids is 1. The molecule has 0 fully saturated rings. The fourth-order valence-electron chi connectivity index (χ4n) is 1.88. The Labute approximate surface area is 135 Å². The van der Waals surface area contributed by atoms with E-state index in [4.69, 9.17) is 10.5 Å². The maximum Gasteiger partial charge on any atom is 0.223 e. The smallest absolute Gasteiger partial charge is 0.223 e. The number of hydrogen-bond donors (Lipinski definition) is 2. The van der Waals surface area contributed by atoms with Gasteiger partial charge in [0.15, 0.2) is 0 Å². The molecule has 0 radical (unpaired) electrons. The minimum absolute atomic E-state index is 0.00957. The van der Waals surface area contributed by atoms with Crippen LogP contribution in [0.3, 0.4) is 0 Å². The molecule has 0 aliphatic heterocycles. The number of carbonyl (C=O) groups is 1. The average Bonchev–Trinajstić information content (AvgIpc) is 2.41. The van der Waals surface area contributed by atoms with Gasteiger partial charge in [0.25, 0.3) is 0 Å². The van der Waals surface area contributed by atoms with E-state index in [1.54, 1.807) is 0 Å². The Morgan fingerprint density at radius 1 is 1.43 bits per heavy atom. The Kier molecular flexibility index (Phi) is 7.75. The SMILES string of the molecule is CCC(N)Cc1cc(OCCC(=O)NC(C)C)ccc1Br. The molecule has 0 aromatic heterocycles. The van der Waals surface area contributed by atoms with E-state index >= 15 is 0 Å². The second-order valence-electron chi connectivity index (χ2n) is 5.45. The van der Waals surface area contributed by atoms with Crippen LogP contribution in [-0.2, 0) is 11.2 Å². The summed E-state index contributed by atoms with van der Waals surface area (Å²) in [4.78, 5) is 11.5. The second kappa shape index (κ2) is 9.05. The molecular formula is C16H25BrN2O2. The molecule has 0 aliphatic carbocycles. The van der Waals surface area contributed by atoms with E-state index < -0.39 is 0 Å². The van der Waals surface area contributed by atoms with Gasteiger partial charge in [0.05, 0.1) is 13.0 Å². The standard InChI is InChI=1S/C16H25BrN2O2/c1-4-13(18)9-12-10-14(5-6-15(12)17)21-8-7-16(20)19-11(2)3/h5-6,10-11,13H,4,7-9,18H2,1-3H3,(H,19,20). The summed E-state index contributed by atoms with van der Waals surface area (Å²) in [6, 6.07) is 6.15. The molecule has 1 aromatic carbocycles. The van der Waals surface area contributed by atoms with Crippen LogP contribution >= 0.6 is 15.9 Å². The summed E-state index contributed by atoms with van der Waals surface area (Å²) in [6.07, 6.45) is 2.10. The van der Waals surface area contributed by atoms with E-state index in [0.29, 0.717) is 13.0 Å². The van der Waals surface area contributed by atoms with Crippen LogP contribution in [0.25, 0.3) is 0 Å². The van der Waals surface area contributed by atoms with E-state index in [-0.39, 0.29) is 18.0 Å². The molecule has 0 aliphatic rings. The summed E-state index contributed by atoms with van der Waals surface area (Å²) in [5, 5.41) is 2.84. The number of amides is 1. The maximum absolute atomic E-state index is 11.5. The average molecular weight is 357 g/mol. The number of halogens is 1. The molecule has 1 atom stereocenters. The van der Waals surface area contributed by atoms with Gasteiger partial charge in [-0.05, 0) is 50.5 Å². The van der Waals surface area contributed by atoms with Gasteiger partial charge in [-0.3, -0.25) is 4.79 Å². The summed E-state index contributed by atoms with van der Waals surface area (Å²) in [5.74, 6) is 0.782. The van der Waals surface area contributed by atoms with Crippen molar-refractivity contribution in [2.75, 3.05) is 6.61 Å². The quantitative estimate of drug-likeness (QED) is 0.752. The molecule has 0 heterocycles.